The average Bonchev–Trinajstić information content (AvgIpc) is 2.84. The SMILES string of the molecule is CCO[C@H]1C[C@@H](c2ccccc2)OC2(CCN(C(=O)c3ccc(OC)c(C#N)c3)CC2)C1. The van der Waals surface area contributed by atoms with Gasteiger partial charge in [0.25, 0.3) is 5.91 Å². The summed E-state index contributed by atoms with van der Waals surface area (Å²) in [6.07, 6.45) is 3.41. The van der Waals surface area contributed by atoms with Gasteiger partial charge < -0.3 is 19.1 Å². The molecule has 2 aromatic rings. The summed E-state index contributed by atoms with van der Waals surface area (Å²) >= 11 is 0. The Hall–Kier alpha value is -2.88. The fourth-order valence-electron chi connectivity index (χ4n) is 4.92. The first-order valence-electron chi connectivity index (χ1n) is 11.3. The molecule has 2 aromatic carbocycles. The second-order valence-corrected chi connectivity index (χ2v) is 8.54. The normalized spacial score (nSPS) is 22.3. The topological polar surface area (TPSA) is 71.8 Å². The van der Waals surface area contributed by atoms with Crippen molar-refractivity contribution in [1.82, 2.24) is 4.90 Å². The molecular formula is C26H30N2O4. The van der Waals surface area contributed by atoms with Crippen LogP contribution in [0.25, 0.3) is 0 Å². The molecular weight excluding hydrogens is 404 g/mol. The maximum atomic E-state index is 13.1. The number of nitriles is 1. The van der Waals surface area contributed by atoms with Crippen molar-refractivity contribution in [3.05, 3.63) is 65.2 Å². The number of piperidine rings is 1. The second-order valence-electron chi connectivity index (χ2n) is 8.54. The molecule has 2 heterocycles. The average molecular weight is 435 g/mol. The fourth-order valence-corrected chi connectivity index (χ4v) is 4.92. The minimum absolute atomic E-state index is 0.00327. The number of carbonyl (C=O) groups is 1. The van der Waals surface area contributed by atoms with Crippen LogP contribution in [0.2, 0.25) is 0 Å². The van der Waals surface area contributed by atoms with Gasteiger partial charge in [-0.15, -0.1) is 0 Å². The molecule has 2 saturated heterocycles. The first kappa shape index (κ1) is 22.3. The molecule has 0 N–H and O–H groups in total. The quantitative estimate of drug-likeness (QED) is 0.693. The van der Waals surface area contributed by atoms with Crippen LogP contribution in [-0.4, -0.2) is 49.3 Å². The van der Waals surface area contributed by atoms with Crippen molar-refractivity contribution < 1.29 is 19.0 Å². The van der Waals surface area contributed by atoms with Gasteiger partial charge in [0, 0.05) is 38.1 Å². The molecule has 2 atom stereocenters. The number of ether oxygens (including phenoxy) is 3. The van der Waals surface area contributed by atoms with Gasteiger partial charge in [-0.05, 0) is 43.5 Å². The molecule has 6 heteroatoms. The van der Waals surface area contributed by atoms with Gasteiger partial charge in [-0.1, -0.05) is 30.3 Å². The molecule has 1 spiro atoms. The molecule has 6 nitrogen and oxygen atoms in total. The van der Waals surface area contributed by atoms with Crippen LogP contribution in [0.3, 0.4) is 0 Å². The van der Waals surface area contributed by atoms with Gasteiger partial charge in [0.2, 0.25) is 0 Å². The van der Waals surface area contributed by atoms with Crippen LogP contribution in [0, 0.1) is 11.3 Å². The minimum Gasteiger partial charge on any atom is -0.495 e. The van der Waals surface area contributed by atoms with Gasteiger partial charge in [0.1, 0.15) is 11.8 Å². The number of nitrogens with zero attached hydrogens (tertiary/aromatic N) is 2. The van der Waals surface area contributed by atoms with Crippen molar-refractivity contribution in [1.29, 1.82) is 5.26 Å². The number of rotatable bonds is 5. The highest BCUT2D eigenvalue weighted by atomic mass is 16.5. The van der Waals surface area contributed by atoms with Crippen molar-refractivity contribution in [2.24, 2.45) is 0 Å². The smallest absolute Gasteiger partial charge is 0.253 e. The van der Waals surface area contributed by atoms with Gasteiger partial charge >= 0.3 is 0 Å². The highest BCUT2D eigenvalue weighted by Crippen LogP contribution is 2.44. The summed E-state index contributed by atoms with van der Waals surface area (Å²) < 4.78 is 17.9. The monoisotopic (exact) mass is 434 g/mol. The lowest BCUT2D eigenvalue weighted by Crippen LogP contribution is -2.52. The number of benzene rings is 2. The van der Waals surface area contributed by atoms with E-state index in [9.17, 15) is 10.1 Å². The molecule has 0 unspecified atom stereocenters. The standard InChI is InChI=1S/C26H30N2O4/c1-3-31-22-16-24(19-7-5-4-6-8-19)32-26(17-22)11-13-28(14-12-26)25(29)20-9-10-23(30-2)21(15-20)18-27/h4-10,15,22,24H,3,11-14,16-17H2,1-2H3/t22-,24-/m0/s1. The van der Waals surface area contributed by atoms with Crippen LogP contribution in [0.4, 0.5) is 0 Å². The summed E-state index contributed by atoms with van der Waals surface area (Å²) in [5, 5.41) is 9.34. The highest BCUT2D eigenvalue weighted by Gasteiger charge is 2.45. The van der Waals surface area contributed by atoms with E-state index in [1.807, 2.05) is 30.0 Å². The summed E-state index contributed by atoms with van der Waals surface area (Å²) in [5.74, 6) is 0.418. The minimum atomic E-state index is -0.285. The number of methoxy groups -OCH3 is 1. The lowest BCUT2D eigenvalue weighted by Gasteiger charge is -2.48. The van der Waals surface area contributed by atoms with Crippen molar-refractivity contribution in [3.8, 4) is 11.8 Å². The maximum absolute atomic E-state index is 13.1. The zero-order valence-corrected chi connectivity index (χ0v) is 18.8. The Balaban J connectivity index is 1.47. The molecule has 2 aliphatic heterocycles. The van der Waals surface area contributed by atoms with Crippen LogP contribution < -0.4 is 4.74 Å². The van der Waals surface area contributed by atoms with E-state index in [1.165, 1.54) is 12.7 Å². The molecule has 32 heavy (non-hydrogen) atoms. The van der Waals surface area contributed by atoms with Crippen molar-refractivity contribution >= 4 is 5.91 Å². The molecule has 2 aliphatic rings. The Morgan fingerprint density at radius 3 is 2.62 bits per heavy atom. The third-order valence-corrected chi connectivity index (χ3v) is 6.57. The molecule has 0 aliphatic carbocycles. The lowest BCUT2D eigenvalue weighted by atomic mass is 9.80. The summed E-state index contributed by atoms with van der Waals surface area (Å²) in [4.78, 5) is 15.0. The summed E-state index contributed by atoms with van der Waals surface area (Å²) in [6, 6.07) is 17.4. The van der Waals surface area contributed by atoms with Crippen molar-refractivity contribution in [2.75, 3.05) is 26.8 Å². The Bertz CT molecular complexity index is 977. The molecule has 168 valence electrons. The fraction of sp³-hybridized carbons (Fsp3) is 0.462. The van der Waals surface area contributed by atoms with Crippen LogP contribution in [-0.2, 0) is 9.47 Å². The van der Waals surface area contributed by atoms with E-state index in [4.69, 9.17) is 14.2 Å². The molecule has 0 aromatic heterocycles. The van der Waals surface area contributed by atoms with Crippen LogP contribution >= 0.6 is 0 Å². The zero-order chi connectivity index (χ0) is 22.6. The van der Waals surface area contributed by atoms with E-state index < -0.39 is 0 Å². The van der Waals surface area contributed by atoms with Crippen LogP contribution in [0.1, 0.15) is 60.2 Å². The lowest BCUT2D eigenvalue weighted by molar-refractivity contribution is -0.190. The van der Waals surface area contributed by atoms with Crippen molar-refractivity contribution in [3.63, 3.8) is 0 Å². The number of carbonyl (C=O) groups excluding carboxylic acids is 1. The Morgan fingerprint density at radius 1 is 1.22 bits per heavy atom. The molecule has 0 saturated carbocycles. The molecule has 0 radical (unpaired) electrons. The zero-order valence-electron chi connectivity index (χ0n) is 18.8. The highest BCUT2D eigenvalue weighted by molar-refractivity contribution is 5.95. The van der Waals surface area contributed by atoms with E-state index in [1.54, 1.807) is 18.2 Å². The summed E-state index contributed by atoms with van der Waals surface area (Å²) in [7, 11) is 1.52. The van der Waals surface area contributed by atoms with E-state index in [0.29, 0.717) is 36.6 Å². The third-order valence-electron chi connectivity index (χ3n) is 6.57. The first-order valence-corrected chi connectivity index (χ1v) is 11.3. The number of likely N-dealkylation sites (tertiary alicyclic amines) is 1. The number of amides is 1. The van der Waals surface area contributed by atoms with E-state index in [0.717, 1.165) is 25.7 Å². The van der Waals surface area contributed by atoms with Crippen LogP contribution in [0.5, 0.6) is 5.75 Å². The predicted molar refractivity (Wildman–Crippen MR) is 120 cm³/mol. The van der Waals surface area contributed by atoms with Gasteiger partial charge in [-0.25, -0.2) is 0 Å². The Kier molecular flexibility index (Phi) is 6.78. The van der Waals surface area contributed by atoms with E-state index in [-0.39, 0.29) is 23.7 Å². The molecule has 2 fully saturated rings. The molecule has 1 amide bonds. The summed E-state index contributed by atoms with van der Waals surface area (Å²) in [5.41, 5.74) is 1.77. The number of hydrogen-bond acceptors (Lipinski definition) is 5. The maximum Gasteiger partial charge on any atom is 0.253 e. The Morgan fingerprint density at radius 2 is 1.97 bits per heavy atom. The van der Waals surface area contributed by atoms with Gasteiger partial charge in [0.05, 0.1) is 30.5 Å². The third kappa shape index (κ3) is 4.64. The summed E-state index contributed by atoms with van der Waals surface area (Å²) in [6.45, 7) is 3.96. The Labute approximate surface area is 189 Å². The van der Waals surface area contributed by atoms with E-state index in [2.05, 4.69) is 18.2 Å². The van der Waals surface area contributed by atoms with Gasteiger partial charge in [0.15, 0.2) is 0 Å². The first-order chi connectivity index (χ1) is 15.6. The molecule has 4 rings (SSSR count). The van der Waals surface area contributed by atoms with Gasteiger partial charge in [-0.2, -0.15) is 5.26 Å². The van der Waals surface area contributed by atoms with E-state index >= 15 is 0 Å². The van der Waals surface area contributed by atoms with Gasteiger partial charge in [-0.3, -0.25) is 4.79 Å². The largest absolute Gasteiger partial charge is 0.495 e. The van der Waals surface area contributed by atoms with Crippen LogP contribution in [0.15, 0.2) is 48.5 Å². The second kappa shape index (κ2) is 9.72. The predicted octanol–water partition coefficient (Wildman–Crippen LogP) is 4.50. The number of hydrogen-bond donors (Lipinski definition) is 0. The molecule has 0 bridgehead atoms. The van der Waals surface area contributed by atoms with Crippen molar-refractivity contribution in [2.45, 2.75) is 50.4 Å².